The van der Waals surface area contributed by atoms with Crippen LogP contribution in [0.2, 0.25) is 5.02 Å². The van der Waals surface area contributed by atoms with Crippen LogP contribution in [0.3, 0.4) is 0 Å². The van der Waals surface area contributed by atoms with Crippen molar-refractivity contribution in [1.82, 2.24) is 5.32 Å². The minimum atomic E-state index is -0.265. The Balaban J connectivity index is 1.64. The maximum atomic E-state index is 12.7. The zero-order valence-corrected chi connectivity index (χ0v) is 17.9. The zero-order valence-electron chi connectivity index (χ0n) is 17.1. The van der Waals surface area contributed by atoms with E-state index in [4.69, 9.17) is 25.8 Å². The van der Waals surface area contributed by atoms with E-state index in [2.05, 4.69) is 5.32 Å². The van der Waals surface area contributed by atoms with Gasteiger partial charge in [-0.25, -0.2) is 0 Å². The van der Waals surface area contributed by atoms with Gasteiger partial charge in [-0.2, -0.15) is 0 Å². The minimum Gasteiger partial charge on any atom is -0.497 e. The number of hydrogen-bond acceptors (Lipinski definition) is 4. The fraction of sp³-hybridized carbons (Fsp3) is 0.208. The molecule has 3 aromatic carbocycles. The lowest BCUT2D eigenvalue weighted by Gasteiger charge is -2.18. The summed E-state index contributed by atoms with van der Waals surface area (Å²) in [5.41, 5.74) is 2.28. The van der Waals surface area contributed by atoms with E-state index in [0.29, 0.717) is 34.4 Å². The predicted octanol–water partition coefficient (Wildman–Crippen LogP) is 5.43. The number of methoxy groups -OCH3 is 2. The molecule has 0 aliphatic heterocycles. The molecule has 0 saturated carbocycles. The van der Waals surface area contributed by atoms with Gasteiger partial charge in [-0.1, -0.05) is 29.8 Å². The van der Waals surface area contributed by atoms with Gasteiger partial charge in [0.25, 0.3) is 5.91 Å². The summed E-state index contributed by atoms with van der Waals surface area (Å²) < 4.78 is 16.5. The summed E-state index contributed by atoms with van der Waals surface area (Å²) in [7, 11) is 3.20. The Hall–Kier alpha value is -3.18. The largest absolute Gasteiger partial charge is 0.497 e. The highest BCUT2D eigenvalue weighted by atomic mass is 35.5. The standard InChI is InChI=1S/C24H24ClNO4/c1-16(21-14-20(28-2)12-13-23(21)29-3)26-24(27)17-8-10-19(11-9-17)30-15-18-6-4-5-7-22(18)25/h4-14,16H,15H2,1-3H3,(H,26,27)/t16-/m0/s1. The summed E-state index contributed by atoms with van der Waals surface area (Å²) in [6.45, 7) is 2.26. The Morgan fingerprint density at radius 2 is 1.67 bits per heavy atom. The lowest BCUT2D eigenvalue weighted by Crippen LogP contribution is -2.26. The molecule has 0 heterocycles. The van der Waals surface area contributed by atoms with Crippen molar-refractivity contribution in [3.63, 3.8) is 0 Å². The van der Waals surface area contributed by atoms with E-state index in [1.54, 1.807) is 38.5 Å². The fourth-order valence-electron chi connectivity index (χ4n) is 3.01. The number of carbonyl (C=O) groups is 1. The molecule has 0 bridgehead atoms. The molecule has 0 fully saturated rings. The molecule has 30 heavy (non-hydrogen) atoms. The van der Waals surface area contributed by atoms with Gasteiger partial charge in [-0.05, 0) is 55.5 Å². The first kappa shape index (κ1) is 21.5. The van der Waals surface area contributed by atoms with Crippen molar-refractivity contribution in [2.45, 2.75) is 19.6 Å². The summed E-state index contributed by atoms with van der Waals surface area (Å²) in [5.74, 6) is 1.86. The Bertz CT molecular complexity index is 1000. The second-order valence-electron chi connectivity index (χ2n) is 6.71. The molecule has 0 unspecified atom stereocenters. The quantitative estimate of drug-likeness (QED) is 0.523. The zero-order chi connectivity index (χ0) is 21.5. The molecule has 0 spiro atoms. The Morgan fingerprint density at radius 1 is 0.967 bits per heavy atom. The number of hydrogen-bond donors (Lipinski definition) is 1. The van der Waals surface area contributed by atoms with Gasteiger partial charge in [-0.3, -0.25) is 4.79 Å². The molecule has 1 amide bonds. The maximum absolute atomic E-state index is 12.7. The third-order valence-corrected chi connectivity index (χ3v) is 5.09. The normalized spacial score (nSPS) is 11.5. The molecule has 156 valence electrons. The monoisotopic (exact) mass is 425 g/mol. The van der Waals surface area contributed by atoms with Crippen molar-refractivity contribution < 1.29 is 19.0 Å². The van der Waals surface area contributed by atoms with E-state index in [-0.39, 0.29) is 11.9 Å². The first-order valence-corrected chi connectivity index (χ1v) is 9.88. The molecule has 6 heteroatoms. The smallest absolute Gasteiger partial charge is 0.251 e. The molecule has 0 aliphatic rings. The maximum Gasteiger partial charge on any atom is 0.251 e. The Kier molecular flexibility index (Phi) is 7.20. The van der Waals surface area contributed by atoms with Crippen LogP contribution < -0.4 is 19.5 Å². The van der Waals surface area contributed by atoms with Crippen LogP contribution in [0.1, 0.15) is 34.5 Å². The molecule has 0 saturated heterocycles. The van der Waals surface area contributed by atoms with Gasteiger partial charge >= 0.3 is 0 Å². The molecular weight excluding hydrogens is 402 g/mol. The first-order chi connectivity index (χ1) is 14.5. The number of benzene rings is 3. The van der Waals surface area contributed by atoms with E-state index in [9.17, 15) is 4.79 Å². The topological polar surface area (TPSA) is 56.8 Å². The Morgan fingerprint density at radius 3 is 2.33 bits per heavy atom. The lowest BCUT2D eigenvalue weighted by atomic mass is 10.1. The van der Waals surface area contributed by atoms with E-state index in [1.165, 1.54) is 0 Å². The summed E-state index contributed by atoms with van der Waals surface area (Å²) >= 11 is 6.15. The second-order valence-corrected chi connectivity index (χ2v) is 7.11. The van der Waals surface area contributed by atoms with Crippen LogP contribution >= 0.6 is 11.6 Å². The molecule has 0 aliphatic carbocycles. The van der Waals surface area contributed by atoms with Gasteiger partial charge in [-0.15, -0.1) is 0 Å². The van der Waals surface area contributed by atoms with Gasteiger partial charge in [0, 0.05) is 21.7 Å². The summed E-state index contributed by atoms with van der Waals surface area (Å²) in [6.07, 6.45) is 0. The van der Waals surface area contributed by atoms with Crippen molar-refractivity contribution >= 4 is 17.5 Å². The summed E-state index contributed by atoms with van der Waals surface area (Å²) in [6, 6.07) is 19.8. The SMILES string of the molecule is COc1ccc(OC)c([C@H](C)NC(=O)c2ccc(OCc3ccccc3Cl)cc2)c1. The predicted molar refractivity (Wildman–Crippen MR) is 118 cm³/mol. The van der Waals surface area contributed by atoms with Crippen LogP contribution in [0.4, 0.5) is 0 Å². The van der Waals surface area contributed by atoms with Crippen molar-refractivity contribution in [3.8, 4) is 17.2 Å². The van der Waals surface area contributed by atoms with Crippen LogP contribution in [-0.2, 0) is 6.61 Å². The third kappa shape index (κ3) is 5.24. The van der Waals surface area contributed by atoms with E-state index in [1.807, 2.05) is 49.4 Å². The van der Waals surface area contributed by atoms with Crippen molar-refractivity contribution in [1.29, 1.82) is 0 Å². The van der Waals surface area contributed by atoms with Crippen LogP contribution in [0.25, 0.3) is 0 Å². The van der Waals surface area contributed by atoms with Crippen molar-refractivity contribution in [2.24, 2.45) is 0 Å². The summed E-state index contributed by atoms with van der Waals surface area (Å²) in [5, 5.41) is 3.65. The lowest BCUT2D eigenvalue weighted by molar-refractivity contribution is 0.0939. The number of halogens is 1. The fourth-order valence-corrected chi connectivity index (χ4v) is 3.20. The average molecular weight is 426 g/mol. The van der Waals surface area contributed by atoms with Gasteiger partial charge in [0.05, 0.1) is 20.3 Å². The van der Waals surface area contributed by atoms with E-state index >= 15 is 0 Å². The van der Waals surface area contributed by atoms with Crippen LogP contribution in [0, 0.1) is 0 Å². The number of ether oxygens (including phenoxy) is 3. The van der Waals surface area contributed by atoms with Crippen LogP contribution in [-0.4, -0.2) is 20.1 Å². The number of amides is 1. The van der Waals surface area contributed by atoms with Gasteiger partial charge in [0.15, 0.2) is 0 Å². The first-order valence-electron chi connectivity index (χ1n) is 9.51. The van der Waals surface area contributed by atoms with Crippen molar-refractivity contribution in [3.05, 3.63) is 88.4 Å². The number of nitrogens with one attached hydrogen (secondary N) is 1. The summed E-state index contributed by atoms with van der Waals surface area (Å²) in [4.78, 5) is 12.7. The highest BCUT2D eigenvalue weighted by Gasteiger charge is 2.16. The number of rotatable bonds is 8. The van der Waals surface area contributed by atoms with Gasteiger partial charge in [0.2, 0.25) is 0 Å². The van der Waals surface area contributed by atoms with E-state index in [0.717, 1.165) is 11.1 Å². The molecule has 0 aromatic heterocycles. The van der Waals surface area contributed by atoms with E-state index < -0.39 is 0 Å². The molecule has 1 N–H and O–H groups in total. The van der Waals surface area contributed by atoms with Crippen molar-refractivity contribution in [2.75, 3.05) is 14.2 Å². The van der Waals surface area contributed by atoms with Crippen LogP contribution in [0.15, 0.2) is 66.7 Å². The number of carbonyl (C=O) groups excluding carboxylic acids is 1. The molecule has 5 nitrogen and oxygen atoms in total. The van der Waals surface area contributed by atoms with Gasteiger partial charge in [0.1, 0.15) is 23.9 Å². The molecule has 0 radical (unpaired) electrons. The second kappa shape index (κ2) is 10.0. The Labute approximate surface area is 181 Å². The molecule has 3 aromatic rings. The molecule has 3 rings (SSSR count). The third-order valence-electron chi connectivity index (χ3n) is 4.72. The molecule has 1 atom stereocenters. The highest BCUT2D eigenvalue weighted by Crippen LogP contribution is 2.29. The minimum absolute atomic E-state index is 0.190. The van der Waals surface area contributed by atoms with Gasteiger partial charge < -0.3 is 19.5 Å². The van der Waals surface area contributed by atoms with Crippen LogP contribution in [0.5, 0.6) is 17.2 Å². The highest BCUT2D eigenvalue weighted by molar-refractivity contribution is 6.31. The molecular formula is C24H24ClNO4. The average Bonchev–Trinajstić information content (AvgIpc) is 2.78.